The summed E-state index contributed by atoms with van der Waals surface area (Å²) in [6.07, 6.45) is 0. The molecule has 1 aromatic rings. The predicted octanol–water partition coefficient (Wildman–Crippen LogP) is 3.37. The number of aromatic hydroxyl groups is 2. The van der Waals surface area contributed by atoms with E-state index < -0.39 is 17.9 Å². The van der Waals surface area contributed by atoms with Gasteiger partial charge < -0.3 is 20.6 Å². The number of aliphatic carboxylic acids is 1. The van der Waals surface area contributed by atoms with E-state index in [4.69, 9.17) is 0 Å². The fourth-order valence-corrected chi connectivity index (χ4v) is 3.82. The van der Waals surface area contributed by atoms with Crippen LogP contribution in [0.1, 0.15) is 59.6 Å². The Morgan fingerprint density at radius 2 is 1.54 bits per heavy atom. The molecule has 1 amide bonds. The monoisotopic (exact) mass is 383 g/mol. The summed E-state index contributed by atoms with van der Waals surface area (Å²) in [4.78, 5) is 23.0. The third-order valence-electron chi connectivity index (χ3n) is 3.91. The maximum atomic E-state index is 11.3. The molecule has 26 heavy (non-hydrogen) atoms. The van der Waals surface area contributed by atoms with Gasteiger partial charge in [-0.25, -0.2) is 4.79 Å². The van der Waals surface area contributed by atoms with Crippen molar-refractivity contribution in [2.24, 2.45) is 0 Å². The van der Waals surface area contributed by atoms with Gasteiger partial charge in [-0.2, -0.15) is 0 Å². The second kappa shape index (κ2) is 7.78. The molecule has 0 aliphatic heterocycles. The predicted molar refractivity (Wildman–Crippen MR) is 103 cm³/mol. The summed E-state index contributed by atoms with van der Waals surface area (Å²) in [6, 6.07) is 0.778. The molecule has 0 aliphatic carbocycles. The highest BCUT2D eigenvalue weighted by molar-refractivity contribution is 7.99. The van der Waals surface area contributed by atoms with Gasteiger partial charge >= 0.3 is 5.97 Å². The molecule has 7 heteroatoms. The van der Waals surface area contributed by atoms with Gasteiger partial charge in [0.15, 0.2) is 11.5 Å². The number of nitrogens with one attached hydrogen (secondary N) is 1. The SMILES string of the molecule is CC(=O)NC(CSc1c(C(C)(C)C)cc(C(C)(C)C)c(O)c1O)C(=O)O. The third kappa shape index (κ3) is 5.30. The van der Waals surface area contributed by atoms with Gasteiger partial charge in [-0.3, -0.25) is 4.79 Å². The number of amides is 1. The minimum absolute atomic E-state index is 0.0276. The van der Waals surface area contributed by atoms with Crippen LogP contribution in [0, 0.1) is 0 Å². The van der Waals surface area contributed by atoms with Gasteiger partial charge in [0.25, 0.3) is 0 Å². The fourth-order valence-electron chi connectivity index (χ4n) is 2.50. The Hall–Kier alpha value is -1.89. The quantitative estimate of drug-likeness (QED) is 0.459. The van der Waals surface area contributed by atoms with Crippen LogP contribution >= 0.6 is 11.8 Å². The van der Waals surface area contributed by atoms with Crippen LogP contribution in [-0.2, 0) is 20.4 Å². The molecule has 0 spiro atoms. The van der Waals surface area contributed by atoms with Crippen molar-refractivity contribution >= 4 is 23.6 Å². The number of phenols is 2. The van der Waals surface area contributed by atoms with Crippen LogP contribution in [0.4, 0.5) is 0 Å². The van der Waals surface area contributed by atoms with Crippen LogP contribution < -0.4 is 5.32 Å². The van der Waals surface area contributed by atoms with Crippen molar-refractivity contribution in [3.05, 3.63) is 17.2 Å². The molecule has 0 saturated heterocycles. The number of carbonyl (C=O) groups is 2. The number of benzene rings is 1. The van der Waals surface area contributed by atoms with Gasteiger partial charge in [0.2, 0.25) is 5.91 Å². The highest BCUT2D eigenvalue weighted by Crippen LogP contribution is 2.48. The lowest BCUT2D eigenvalue weighted by Gasteiger charge is -2.29. The number of hydrogen-bond acceptors (Lipinski definition) is 5. The van der Waals surface area contributed by atoms with Crippen molar-refractivity contribution in [3.8, 4) is 11.5 Å². The van der Waals surface area contributed by atoms with Crippen LogP contribution in [0.15, 0.2) is 11.0 Å². The molecule has 1 unspecified atom stereocenters. The molecule has 146 valence electrons. The lowest BCUT2D eigenvalue weighted by molar-refractivity contribution is -0.140. The number of phenolic OH excluding ortho intramolecular Hbond substituents is 2. The van der Waals surface area contributed by atoms with Crippen molar-refractivity contribution < 1.29 is 24.9 Å². The molecule has 0 saturated carbocycles. The first kappa shape index (κ1) is 22.2. The van der Waals surface area contributed by atoms with E-state index in [9.17, 15) is 24.9 Å². The first-order valence-electron chi connectivity index (χ1n) is 8.38. The van der Waals surface area contributed by atoms with Crippen LogP contribution in [0.25, 0.3) is 0 Å². The molecule has 0 aromatic heterocycles. The Kier molecular flexibility index (Phi) is 6.63. The number of carboxylic acid groups (broad SMARTS) is 1. The Bertz CT molecular complexity index is 701. The van der Waals surface area contributed by atoms with Crippen LogP contribution in [0.2, 0.25) is 0 Å². The summed E-state index contributed by atoms with van der Waals surface area (Å²) in [6.45, 7) is 13.0. The first-order chi connectivity index (χ1) is 11.7. The van der Waals surface area contributed by atoms with Crippen LogP contribution in [-0.4, -0.2) is 39.0 Å². The normalized spacial score (nSPS) is 13.3. The number of rotatable bonds is 5. The number of thioether (sulfide) groups is 1. The van der Waals surface area contributed by atoms with Gasteiger partial charge in [0.1, 0.15) is 6.04 Å². The molecular formula is C19H29NO5S. The maximum Gasteiger partial charge on any atom is 0.327 e. The first-order valence-corrected chi connectivity index (χ1v) is 9.37. The van der Waals surface area contributed by atoms with E-state index >= 15 is 0 Å². The lowest BCUT2D eigenvalue weighted by atomic mass is 9.80. The highest BCUT2D eigenvalue weighted by atomic mass is 32.2. The topological polar surface area (TPSA) is 107 Å². The molecule has 0 fully saturated rings. The standard InChI is InChI=1S/C19H29NO5S/c1-10(21)20-13(17(24)25)9-26-16-12(19(5,6)7)8-11(18(2,3)4)14(22)15(16)23/h8,13,22-23H,9H2,1-7H3,(H,20,21)(H,24,25). The van der Waals surface area contributed by atoms with Crippen molar-refractivity contribution in [1.82, 2.24) is 5.32 Å². The molecular weight excluding hydrogens is 354 g/mol. The zero-order valence-corrected chi connectivity index (χ0v) is 17.2. The minimum Gasteiger partial charge on any atom is -0.504 e. The molecule has 1 rings (SSSR count). The highest BCUT2D eigenvalue weighted by Gasteiger charge is 2.30. The molecule has 0 radical (unpaired) electrons. The van der Waals surface area contributed by atoms with E-state index in [-0.39, 0.29) is 28.1 Å². The van der Waals surface area contributed by atoms with Crippen molar-refractivity contribution in [3.63, 3.8) is 0 Å². The van der Waals surface area contributed by atoms with Crippen molar-refractivity contribution in [2.75, 3.05) is 5.75 Å². The Morgan fingerprint density at radius 1 is 1.04 bits per heavy atom. The van der Waals surface area contributed by atoms with E-state index in [1.165, 1.54) is 6.92 Å². The average Bonchev–Trinajstić information content (AvgIpc) is 2.43. The Labute approximate surface area is 159 Å². The van der Waals surface area contributed by atoms with Gasteiger partial charge in [-0.1, -0.05) is 41.5 Å². The zero-order valence-electron chi connectivity index (χ0n) is 16.4. The molecule has 4 N–H and O–H groups in total. The van der Waals surface area contributed by atoms with Crippen molar-refractivity contribution in [1.29, 1.82) is 0 Å². The summed E-state index contributed by atoms with van der Waals surface area (Å²) < 4.78 is 0. The van der Waals surface area contributed by atoms with E-state index in [0.717, 1.165) is 17.3 Å². The molecule has 6 nitrogen and oxygen atoms in total. The Morgan fingerprint density at radius 3 is 1.92 bits per heavy atom. The second-order valence-corrected chi connectivity index (χ2v) is 9.43. The minimum atomic E-state index is -1.15. The zero-order chi connectivity index (χ0) is 20.4. The summed E-state index contributed by atoms with van der Waals surface area (Å²) in [5.74, 6) is -2.01. The summed E-state index contributed by atoms with van der Waals surface area (Å²) >= 11 is 1.11. The van der Waals surface area contributed by atoms with E-state index in [2.05, 4.69) is 5.32 Å². The fraction of sp³-hybridized carbons (Fsp3) is 0.579. The number of carboxylic acids is 1. The largest absolute Gasteiger partial charge is 0.504 e. The number of hydrogen-bond donors (Lipinski definition) is 4. The third-order valence-corrected chi connectivity index (χ3v) is 5.12. The average molecular weight is 384 g/mol. The summed E-state index contributed by atoms with van der Waals surface area (Å²) in [5.41, 5.74) is 0.737. The maximum absolute atomic E-state index is 11.3. The van der Waals surface area contributed by atoms with E-state index in [1.54, 1.807) is 0 Å². The molecule has 0 aliphatic rings. The molecule has 1 aromatic carbocycles. The van der Waals surface area contributed by atoms with E-state index in [1.807, 2.05) is 47.6 Å². The van der Waals surface area contributed by atoms with Gasteiger partial charge in [0.05, 0.1) is 4.90 Å². The lowest BCUT2D eigenvalue weighted by Crippen LogP contribution is -2.41. The summed E-state index contributed by atoms with van der Waals surface area (Å²) in [5, 5.41) is 32.7. The van der Waals surface area contributed by atoms with Crippen molar-refractivity contribution in [2.45, 2.75) is 70.2 Å². The molecule has 0 heterocycles. The summed E-state index contributed by atoms with van der Waals surface area (Å²) in [7, 11) is 0. The number of carbonyl (C=O) groups excluding carboxylic acids is 1. The smallest absolute Gasteiger partial charge is 0.327 e. The van der Waals surface area contributed by atoms with E-state index in [0.29, 0.717) is 10.5 Å². The van der Waals surface area contributed by atoms with Gasteiger partial charge in [0, 0.05) is 18.2 Å². The van der Waals surface area contributed by atoms with Gasteiger partial charge in [-0.15, -0.1) is 11.8 Å². The van der Waals surface area contributed by atoms with Crippen LogP contribution in [0.3, 0.4) is 0 Å². The molecule has 0 bridgehead atoms. The van der Waals surface area contributed by atoms with Gasteiger partial charge in [-0.05, 0) is 22.5 Å². The molecule has 1 atom stereocenters. The second-order valence-electron chi connectivity index (χ2n) is 8.40. The van der Waals surface area contributed by atoms with Crippen LogP contribution in [0.5, 0.6) is 11.5 Å². The Balaban J connectivity index is 3.40.